The second-order valence-electron chi connectivity index (χ2n) is 8.32. The van der Waals surface area contributed by atoms with Crippen LogP contribution in [0.4, 0.5) is 4.79 Å². The highest BCUT2D eigenvalue weighted by Gasteiger charge is 2.23. The molecule has 6 nitrogen and oxygen atoms in total. The Morgan fingerprint density at radius 1 is 0.958 bits per heavy atom. The number of nitrogens with one attached hydrogen (secondary N) is 2. The number of hydrogen-bond donors (Lipinski definition) is 2. The Morgan fingerprint density at radius 2 is 1.54 bits per heavy atom. The van der Waals surface area contributed by atoms with E-state index < -0.39 is 11.7 Å². The van der Waals surface area contributed by atoms with Gasteiger partial charge < -0.3 is 20.1 Å². The van der Waals surface area contributed by atoms with Crippen molar-refractivity contribution in [1.29, 1.82) is 0 Å². The number of rotatable bonds is 9. The number of alkyl carbamates (subject to hydrolysis) is 1. The molecular weight excluding hydrogens is 308 g/mol. The summed E-state index contributed by atoms with van der Waals surface area (Å²) in [6.07, 6.45) is 1.46. The van der Waals surface area contributed by atoms with E-state index in [0.717, 1.165) is 6.42 Å². The van der Waals surface area contributed by atoms with E-state index in [4.69, 9.17) is 9.47 Å². The van der Waals surface area contributed by atoms with Crippen LogP contribution in [-0.4, -0.2) is 41.9 Å². The van der Waals surface area contributed by atoms with Crippen molar-refractivity contribution >= 4 is 12.0 Å². The Kier molecular flexibility index (Phi) is 8.75. The van der Waals surface area contributed by atoms with Crippen LogP contribution in [0.5, 0.6) is 0 Å². The molecule has 0 aliphatic rings. The van der Waals surface area contributed by atoms with Gasteiger partial charge in [-0.25, -0.2) is 4.79 Å². The summed E-state index contributed by atoms with van der Waals surface area (Å²) in [5.74, 6) is 0.0424. The van der Waals surface area contributed by atoms with Gasteiger partial charge >= 0.3 is 6.09 Å². The third-order valence-electron chi connectivity index (χ3n) is 3.41. The zero-order valence-corrected chi connectivity index (χ0v) is 16.7. The van der Waals surface area contributed by atoms with E-state index in [2.05, 4.69) is 10.6 Å². The fourth-order valence-electron chi connectivity index (χ4n) is 1.96. The standard InChI is InChI=1S/C18H36N2O4/c1-9-14(21)20-17(5,6)11-13-23-18(7,8)10-12-19-15(22)24-16(2,3)4/h9-13H2,1-8H3,(H,19,22)(H,20,21). The minimum atomic E-state index is -0.495. The molecule has 0 bridgehead atoms. The molecule has 6 heteroatoms. The van der Waals surface area contributed by atoms with Crippen LogP contribution < -0.4 is 10.6 Å². The highest BCUT2D eigenvalue weighted by atomic mass is 16.6. The number of amides is 2. The van der Waals surface area contributed by atoms with Gasteiger partial charge in [-0.15, -0.1) is 0 Å². The van der Waals surface area contributed by atoms with Crippen LogP contribution in [0.2, 0.25) is 0 Å². The lowest BCUT2D eigenvalue weighted by Gasteiger charge is -2.30. The summed E-state index contributed by atoms with van der Waals surface area (Å²) in [5, 5.41) is 5.72. The van der Waals surface area contributed by atoms with E-state index in [1.165, 1.54) is 0 Å². The predicted octanol–water partition coefficient (Wildman–Crippen LogP) is 3.39. The highest BCUT2D eigenvalue weighted by Crippen LogP contribution is 2.17. The van der Waals surface area contributed by atoms with Gasteiger partial charge in [0.2, 0.25) is 5.91 Å². The van der Waals surface area contributed by atoms with Crippen molar-refractivity contribution in [3.63, 3.8) is 0 Å². The third-order valence-corrected chi connectivity index (χ3v) is 3.41. The van der Waals surface area contributed by atoms with Gasteiger partial charge in [-0.3, -0.25) is 4.79 Å². The summed E-state index contributed by atoms with van der Waals surface area (Å²) in [6.45, 7) is 16.3. The minimum Gasteiger partial charge on any atom is -0.444 e. The van der Waals surface area contributed by atoms with E-state index in [-0.39, 0.29) is 17.0 Å². The summed E-state index contributed by atoms with van der Waals surface area (Å²) < 4.78 is 11.1. The number of carbonyl (C=O) groups excluding carboxylic acids is 2. The van der Waals surface area contributed by atoms with Crippen molar-refractivity contribution in [3.8, 4) is 0 Å². The van der Waals surface area contributed by atoms with Crippen molar-refractivity contribution in [3.05, 3.63) is 0 Å². The van der Waals surface area contributed by atoms with Crippen LogP contribution in [0, 0.1) is 0 Å². The van der Waals surface area contributed by atoms with Gasteiger partial charge in [-0.1, -0.05) is 6.92 Å². The SMILES string of the molecule is CCC(=O)NC(C)(C)CCOC(C)(C)CCNC(=O)OC(C)(C)C. The monoisotopic (exact) mass is 344 g/mol. The first-order valence-electron chi connectivity index (χ1n) is 8.68. The topological polar surface area (TPSA) is 76.7 Å². The molecule has 0 aliphatic heterocycles. The first-order valence-corrected chi connectivity index (χ1v) is 8.68. The summed E-state index contributed by atoms with van der Waals surface area (Å²) >= 11 is 0. The first kappa shape index (κ1) is 22.7. The second kappa shape index (κ2) is 9.25. The molecule has 0 aliphatic carbocycles. The molecule has 24 heavy (non-hydrogen) atoms. The average Bonchev–Trinajstić information content (AvgIpc) is 2.34. The molecule has 0 saturated carbocycles. The summed E-state index contributed by atoms with van der Waals surface area (Å²) in [6, 6.07) is 0. The van der Waals surface area contributed by atoms with Crippen LogP contribution in [0.3, 0.4) is 0 Å². The van der Waals surface area contributed by atoms with Crippen LogP contribution >= 0.6 is 0 Å². The van der Waals surface area contributed by atoms with E-state index >= 15 is 0 Å². The number of hydrogen-bond acceptors (Lipinski definition) is 4. The van der Waals surface area contributed by atoms with Crippen molar-refractivity contribution < 1.29 is 19.1 Å². The normalized spacial score (nSPS) is 12.7. The first-order chi connectivity index (χ1) is 10.8. The summed E-state index contributed by atoms with van der Waals surface area (Å²) in [4.78, 5) is 23.1. The number of carbonyl (C=O) groups is 2. The van der Waals surface area contributed by atoms with Gasteiger partial charge in [0.25, 0.3) is 0 Å². The van der Waals surface area contributed by atoms with E-state index in [0.29, 0.717) is 26.0 Å². The van der Waals surface area contributed by atoms with Crippen LogP contribution in [0.15, 0.2) is 0 Å². The fourth-order valence-corrected chi connectivity index (χ4v) is 1.96. The molecule has 2 amide bonds. The molecule has 0 rings (SSSR count). The molecule has 0 aromatic rings. The smallest absolute Gasteiger partial charge is 0.407 e. The lowest BCUT2D eigenvalue weighted by Crippen LogP contribution is -2.44. The van der Waals surface area contributed by atoms with Crippen molar-refractivity contribution in [1.82, 2.24) is 10.6 Å². The zero-order chi connectivity index (χ0) is 19.0. The Morgan fingerprint density at radius 3 is 2.04 bits per heavy atom. The third kappa shape index (κ3) is 12.2. The molecule has 0 atom stereocenters. The van der Waals surface area contributed by atoms with Crippen LogP contribution in [0.1, 0.15) is 74.7 Å². The van der Waals surface area contributed by atoms with Gasteiger partial charge in [-0.05, 0) is 61.3 Å². The fraction of sp³-hybridized carbons (Fsp3) is 0.889. The Labute approximate surface area is 147 Å². The van der Waals surface area contributed by atoms with Crippen LogP contribution in [-0.2, 0) is 14.3 Å². The maximum Gasteiger partial charge on any atom is 0.407 e. The molecular formula is C18H36N2O4. The quantitative estimate of drug-likeness (QED) is 0.672. The van der Waals surface area contributed by atoms with Gasteiger partial charge in [0.1, 0.15) is 5.60 Å². The van der Waals surface area contributed by atoms with Gasteiger partial charge in [0.15, 0.2) is 0 Å². The lowest BCUT2D eigenvalue weighted by atomic mass is 10.00. The maximum absolute atomic E-state index is 11.6. The van der Waals surface area contributed by atoms with Gasteiger partial charge in [-0.2, -0.15) is 0 Å². The highest BCUT2D eigenvalue weighted by molar-refractivity contribution is 5.76. The van der Waals surface area contributed by atoms with Crippen molar-refractivity contribution in [2.75, 3.05) is 13.2 Å². The van der Waals surface area contributed by atoms with Gasteiger partial charge in [0.05, 0.1) is 5.60 Å². The zero-order valence-electron chi connectivity index (χ0n) is 16.7. The second-order valence-corrected chi connectivity index (χ2v) is 8.32. The van der Waals surface area contributed by atoms with Crippen molar-refractivity contribution in [2.45, 2.75) is 91.4 Å². The minimum absolute atomic E-state index is 0.0424. The van der Waals surface area contributed by atoms with Gasteiger partial charge in [0, 0.05) is 25.1 Å². The summed E-state index contributed by atoms with van der Waals surface area (Å²) in [7, 11) is 0. The Bertz CT molecular complexity index is 412. The van der Waals surface area contributed by atoms with E-state index in [9.17, 15) is 9.59 Å². The van der Waals surface area contributed by atoms with Crippen molar-refractivity contribution in [2.24, 2.45) is 0 Å². The largest absolute Gasteiger partial charge is 0.444 e. The molecule has 0 saturated heterocycles. The lowest BCUT2D eigenvalue weighted by molar-refractivity contribution is -0.122. The molecule has 0 heterocycles. The van der Waals surface area contributed by atoms with E-state index in [1.54, 1.807) is 0 Å². The maximum atomic E-state index is 11.6. The molecule has 0 spiro atoms. The average molecular weight is 344 g/mol. The Hall–Kier alpha value is -1.30. The molecule has 142 valence electrons. The molecule has 0 fully saturated rings. The molecule has 0 unspecified atom stereocenters. The Balaban J connectivity index is 4.09. The molecule has 0 aromatic carbocycles. The summed E-state index contributed by atoms with van der Waals surface area (Å²) in [5.41, 5.74) is -1.15. The predicted molar refractivity (Wildman–Crippen MR) is 96.0 cm³/mol. The van der Waals surface area contributed by atoms with E-state index in [1.807, 2.05) is 55.4 Å². The molecule has 2 N–H and O–H groups in total. The molecule has 0 radical (unpaired) electrons. The van der Waals surface area contributed by atoms with Crippen LogP contribution in [0.25, 0.3) is 0 Å². The number of ether oxygens (including phenoxy) is 2. The molecule has 0 aromatic heterocycles.